The lowest BCUT2D eigenvalue weighted by atomic mass is 10.4. The van der Waals surface area contributed by atoms with Crippen LogP contribution in [0.1, 0.15) is 6.42 Å². The molecule has 0 radical (unpaired) electrons. The lowest BCUT2D eigenvalue weighted by molar-refractivity contribution is 0.596. The maximum atomic E-state index is 10.8. The Labute approximate surface area is 86.7 Å². The number of nitrogens with two attached hydrogens (primary N) is 1. The summed E-state index contributed by atoms with van der Waals surface area (Å²) >= 11 is 0. The van der Waals surface area contributed by atoms with E-state index in [1.165, 1.54) is 12.3 Å². The molecule has 0 fully saturated rings. The molecule has 7 nitrogen and oxygen atoms in total. The summed E-state index contributed by atoms with van der Waals surface area (Å²) < 4.78 is 21.2. The number of hydrogen-bond acceptors (Lipinski definition) is 5. The van der Waals surface area contributed by atoms with E-state index in [1.54, 1.807) is 0 Å². The molecule has 4 N–H and O–H groups in total. The molecule has 0 atom stereocenters. The number of rotatable bonds is 5. The van der Waals surface area contributed by atoms with Gasteiger partial charge >= 0.3 is 0 Å². The number of nitrogens with one attached hydrogen (secondary N) is 2. The first-order valence-corrected chi connectivity index (χ1v) is 5.98. The predicted octanol–water partition coefficient (Wildman–Crippen LogP) is -1.14. The molecule has 84 valence electrons. The summed E-state index contributed by atoms with van der Waals surface area (Å²) in [5.74, 6) is -0.0867. The Bertz CT molecular complexity index is 467. The average molecular weight is 232 g/mol. The van der Waals surface area contributed by atoms with E-state index >= 15 is 0 Å². The third-order valence-electron chi connectivity index (χ3n) is 1.60. The summed E-state index contributed by atoms with van der Waals surface area (Å²) in [6, 6.07) is 1.34. The van der Waals surface area contributed by atoms with Gasteiger partial charge in [0.2, 0.25) is 10.0 Å². The van der Waals surface area contributed by atoms with Gasteiger partial charge in [-0.3, -0.25) is 4.79 Å². The Kier molecular flexibility index (Phi) is 3.81. The highest BCUT2D eigenvalue weighted by Crippen LogP contribution is 1.98. The first-order chi connectivity index (χ1) is 6.97. The second-order valence-corrected chi connectivity index (χ2v) is 4.72. The van der Waals surface area contributed by atoms with Crippen molar-refractivity contribution < 1.29 is 8.42 Å². The standard InChI is InChI=1S/C7H12N4O3S/c8-15(13,14)3-1-2-9-6-4-7(12)11-10-5-6/h4-5H,1-3H2,(H2,8,13,14)(H2,9,11,12). The largest absolute Gasteiger partial charge is 0.384 e. The van der Waals surface area contributed by atoms with Crippen molar-refractivity contribution in [3.05, 3.63) is 22.6 Å². The Balaban J connectivity index is 2.36. The highest BCUT2D eigenvalue weighted by atomic mass is 32.2. The van der Waals surface area contributed by atoms with E-state index in [0.717, 1.165) is 0 Å². The predicted molar refractivity (Wildman–Crippen MR) is 55.9 cm³/mol. The SMILES string of the molecule is NS(=O)(=O)CCCNc1cn[nH]c(=O)c1. The molecule has 0 aromatic carbocycles. The lowest BCUT2D eigenvalue weighted by Gasteiger charge is -2.03. The summed E-state index contributed by atoms with van der Waals surface area (Å²) in [6.07, 6.45) is 1.82. The van der Waals surface area contributed by atoms with Gasteiger partial charge in [-0.15, -0.1) is 0 Å². The van der Waals surface area contributed by atoms with Gasteiger partial charge < -0.3 is 5.32 Å². The average Bonchev–Trinajstić information content (AvgIpc) is 2.11. The number of aromatic amines is 1. The van der Waals surface area contributed by atoms with Crippen molar-refractivity contribution >= 4 is 15.7 Å². The molecule has 0 aliphatic carbocycles. The molecule has 1 heterocycles. The van der Waals surface area contributed by atoms with E-state index in [2.05, 4.69) is 15.5 Å². The monoisotopic (exact) mass is 232 g/mol. The van der Waals surface area contributed by atoms with Crippen LogP contribution in [0.2, 0.25) is 0 Å². The fourth-order valence-corrected chi connectivity index (χ4v) is 1.53. The van der Waals surface area contributed by atoms with Crippen molar-refractivity contribution in [3.8, 4) is 0 Å². The molecule has 1 aromatic rings. The number of H-pyrrole nitrogens is 1. The molecule has 1 rings (SSSR count). The van der Waals surface area contributed by atoms with Gasteiger partial charge in [-0.2, -0.15) is 5.10 Å². The van der Waals surface area contributed by atoms with Crippen LogP contribution in [-0.2, 0) is 10.0 Å². The van der Waals surface area contributed by atoms with Crippen LogP contribution in [-0.4, -0.2) is 30.9 Å². The van der Waals surface area contributed by atoms with Crippen LogP contribution in [0.5, 0.6) is 0 Å². The zero-order valence-electron chi connectivity index (χ0n) is 7.93. The number of primary sulfonamides is 1. The Morgan fingerprint density at radius 2 is 2.27 bits per heavy atom. The van der Waals surface area contributed by atoms with Crippen LogP contribution in [0.25, 0.3) is 0 Å². The highest BCUT2D eigenvalue weighted by Gasteiger charge is 2.01. The highest BCUT2D eigenvalue weighted by molar-refractivity contribution is 7.89. The van der Waals surface area contributed by atoms with E-state index in [0.29, 0.717) is 18.7 Å². The first-order valence-electron chi connectivity index (χ1n) is 4.26. The number of sulfonamides is 1. The van der Waals surface area contributed by atoms with Crippen molar-refractivity contribution in [2.24, 2.45) is 5.14 Å². The molecule has 0 aliphatic rings. The quantitative estimate of drug-likeness (QED) is 0.554. The summed E-state index contributed by atoms with van der Waals surface area (Å²) in [4.78, 5) is 10.8. The van der Waals surface area contributed by atoms with Gasteiger partial charge in [0.25, 0.3) is 5.56 Å². The summed E-state index contributed by atoms with van der Waals surface area (Å²) in [5.41, 5.74) is 0.236. The van der Waals surface area contributed by atoms with Crippen molar-refractivity contribution in [1.82, 2.24) is 10.2 Å². The molecule has 0 spiro atoms. The Morgan fingerprint density at radius 3 is 2.87 bits per heavy atom. The molecule has 0 bridgehead atoms. The van der Waals surface area contributed by atoms with Crippen LogP contribution in [0.3, 0.4) is 0 Å². The molecule has 8 heteroatoms. The molecule has 0 amide bonds. The van der Waals surface area contributed by atoms with Gasteiger partial charge in [-0.05, 0) is 6.42 Å². The summed E-state index contributed by atoms with van der Waals surface area (Å²) in [7, 11) is -3.41. The van der Waals surface area contributed by atoms with Crippen molar-refractivity contribution in [2.45, 2.75) is 6.42 Å². The zero-order chi connectivity index (χ0) is 11.3. The fourth-order valence-electron chi connectivity index (χ4n) is 0.979. The van der Waals surface area contributed by atoms with Crippen LogP contribution in [0, 0.1) is 0 Å². The second kappa shape index (κ2) is 4.89. The molecular formula is C7H12N4O3S. The molecular weight excluding hydrogens is 220 g/mol. The molecule has 0 unspecified atom stereocenters. The minimum Gasteiger partial charge on any atom is -0.384 e. The second-order valence-electron chi connectivity index (χ2n) is 2.98. The molecule has 0 saturated heterocycles. The number of nitrogens with zero attached hydrogens (tertiary/aromatic N) is 1. The summed E-state index contributed by atoms with van der Waals surface area (Å²) in [6.45, 7) is 0.418. The number of aromatic nitrogens is 2. The minimum absolute atomic E-state index is 0.0867. The smallest absolute Gasteiger partial charge is 0.266 e. The molecule has 0 saturated carbocycles. The maximum Gasteiger partial charge on any atom is 0.266 e. The maximum absolute atomic E-state index is 10.8. The van der Waals surface area contributed by atoms with Gasteiger partial charge in [0, 0.05) is 12.6 Å². The van der Waals surface area contributed by atoms with Gasteiger partial charge in [0.15, 0.2) is 0 Å². The van der Waals surface area contributed by atoms with Gasteiger partial charge in [0.1, 0.15) is 0 Å². The number of hydrogen-bond donors (Lipinski definition) is 3. The van der Waals surface area contributed by atoms with Crippen LogP contribution >= 0.6 is 0 Å². The molecule has 1 aromatic heterocycles. The first kappa shape index (κ1) is 11.7. The summed E-state index contributed by atoms with van der Waals surface area (Å²) in [5, 5.41) is 13.5. The Hall–Kier alpha value is -1.41. The van der Waals surface area contributed by atoms with E-state index < -0.39 is 10.0 Å². The van der Waals surface area contributed by atoms with E-state index in [4.69, 9.17) is 5.14 Å². The fraction of sp³-hybridized carbons (Fsp3) is 0.429. The molecule has 0 aliphatic heterocycles. The third kappa shape index (κ3) is 5.13. The lowest BCUT2D eigenvalue weighted by Crippen LogP contribution is -2.19. The van der Waals surface area contributed by atoms with Gasteiger partial charge in [-0.25, -0.2) is 18.7 Å². The number of anilines is 1. The van der Waals surface area contributed by atoms with E-state index in [9.17, 15) is 13.2 Å². The van der Waals surface area contributed by atoms with Gasteiger partial charge in [-0.1, -0.05) is 0 Å². The Morgan fingerprint density at radius 1 is 1.53 bits per heavy atom. The molecule has 15 heavy (non-hydrogen) atoms. The van der Waals surface area contributed by atoms with Crippen LogP contribution < -0.4 is 16.0 Å². The minimum atomic E-state index is -3.41. The van der Waals surface area contributed by atoms with E-state index in [1.807, 2.05) is 0 Å². The topological polar surface area (TPSA) is 118 Å². The van der Waals surface area contributed by atoms with Crippen molar-refractivity contribution in [3.63, 3.8) is 0 Å². The zero-order valence-corrected chi connectivity index (χ0v) is 8.75. The van der Waals surface area contributed by atoms with Crippen molar-refractivity contribution in [1.29, 1.82) is 0 Å². The van der Waals surface area contributed by atoms with Crippen LogP contribution in [0.4, 0.5) is 5.69 Å². The van der Waals surface area contributed by atoms with Gasteiger partial charge in [0.05, 0.1) is 17.6 Å². The van der Waals surface area contributed by atoms with Crippen LogP contribution in [0.15, 0.2) is 17.1 Å². The van der Waals surface area contributed by atoms with E-state index in [-0.39, 0.29) is 11.3 Å². The normalized spacial score (nSPS) is 11.3. The van der Waals surface area contributed by atoms with Crippen molar-refractivity contribution in [2.75, 3.05) is 17.6 Å². The third-order valence-corrected chi connectivity index (χ3v) is 2.46.